The van der Waals surface area contributed by atoms with Gasteiger partial charge in [0.2, 0.25) is 0 Å². The molecule has 1 unspecified atom stereocenters. The van der Waals surface area contributed by atoms with Crippen LogP contribution in [0.25, 0.3) is 0 Å². The minimum Gasteiger partial charge on any atom is -0.457 e. The summed E-state index contributed by atoms with van der Waals surface area (Å²) in [7, 11) is -6.66. The van der Waals surface area contributed by atoms with Gasteiger partial charge in [0, 0.05) is 12.5 Å². The molecule has 1 aliphatic rings. The molecule has 1 aliphatic carbocycles. The maximum absolute atomic E-state index is 13.7. The Bertz CT molecular complexity index is 806. The topological polar surface area (TPSA) is 116 Å². The lowest BCUT2D eigenvalue weighted by Crippen LogP contribution is -2.59. The standard InChI is InChI=1S/C16H19F7O8S/c1-2-11(24)31-14(15(19,20)21,12(25)30-10-6-4-3-5-7-10)29-9-8-13(17,18)16(22,23)32(26,27)28/h2,10H,1,3-9H2,(H,26,27,28). The first-order valence-corrected chi connectivity index (χ1v) is 10.3. The van der Waals surface area contributed by atoms with Crippen LogP contribution < -0.4 is 0 Å². The van der Waals surface area contributed by atoms with E-state index in [1.54, 1.807) is 0 Å². The monoisotopic (exact) mass is 504 g/mol. The SMILES string of the molecule is C=CC(=O)OC(OCCC(F)(F)C(F)(F)S(=O)(=O)O)(C(=O)OC1CCCCC1)C(F)(F)F. The predicted molar refractivity (Wildman–Crippen MR) is 90.1 cm³/mol. The van der Waals surface area contributed by atoms with Crippen molar-refractivity contribution in [3.8, 4) is 0 Å². The molecule has 186 valence electrons. The van der Waals surface area contributed by atoms with Gasteiger partial charge in [-0.1, -0.05) is 13.0 Å². The summed E-state index contributed by atoms with van der Waals surface area (Å²) in [6.07, 6.45) is -7.26. The van der Waals surface area contributed by atoms with Gasteiger partial charge in [-0.15, -0.1) is 0 Å². The van der Waals surface area contributed by atoms with E-state index in [1.807, 2.05) is 0 Å². The van der Waals surface area contributed by atoms with Crippen LogP contribution in [0.5, 0.6) is 0 Å². The number of alkyl halides is 7. The summed E-state index contributed by atoms with van der Waals surface area (Å²) in [5.41, 5.74) is 0. The highest BCUT2D eigenvalue weighted by Crippen LogP contribution is 2.42. The van der Waals surface area contributed by atoms with Crippen LogP contribution in [0.2, 0.25) is 0 Å². The molecule has 0 radical (unpaired) electrons. The van der Waals surface area contributed by atoms with Crippen molar-refractivity contribution in [3.05, 3.63) is 12.7 Å². The molecule has 1 N–H and O–H groups in total. The maximum atomic E-state index is 13.7. The largest absolute Gasteiger partial charge is 0.468 e. The van der Waals surface area contributed by atoms with E-state index in [2.05, 4.69) is 20.8 Å². The summed E-state index contributed by atoms with van der Waals surface area (Å²) < 4.78 is 137. The molecular formula is C16H19F7O8S. The van der Waals surface area contributed by atoms with Crippen LogP contribution in [0.15, 0.2) is 12.7 Å². The van der Waals surface area contributed by atoms with Crippen LogP contribution in [0.3, 0.4) is 0 Å². The Balaban J connectivity index is 3.20. The fourth-order valence-electron chi connectivity index (χ4n) is 2.64. The van der Waals surface area contributed by atoms with Gasteiger partial charge in [-0.25, -0.2) is 9.59 Å². The van der Waals surface area contributed by atoms with Gasteiger partial charge in [0.05, 0.1) is 6.61 Å². The van der Waals surface area contributed by atoms with Gasteiger partial charge in [0.1, 0.15) is 6.10 Å². The number of halogens is 7. The van der Waals surface area contributed by atoms with E-state index in [0.717, 1.165) is 0 Å². The smallest absolute Gasteiger partial charge is 0.457 e. The molecule has 0 aromatic carbocycles. The van der Waals surface area contributed by atoms with E-state index in [-0.39, 0.29) is 18.9 Å². The van der Waals surface area contributed by atoms with Gasteiger partial charge in [0.25, 0.3) is 0 Å². The van der Waals surface area contributed by atoms with E-state index in [4.69, 9.17) is 4.55 Å². The molecule has 1 atom stereocenters. The predicted octanol–water partition coefficient (Wildman–Crippen LogP) is 3.37. The molecule has 1 saturated carbocycles. The van der Waals surface area contributed by atoms with Crippen molar-refractivity contribution in [1.82, 2.24) is 0 Å². The number of esters is 2. The third-order valence-corrected chi connectivity index (χ3v) is 5.30. The molecule has 0 aromatic heterocycles. The number of hydrogen-bond donors (Lipinski definition) is 1. The van der Waals surface area contributed by atoms with Crippen LogP contribution >= 0.6 is 0 Å². The fourth-order valence-corrected chi connectivity index (χ4v) is 3.12. The number of rotatable bonds is 10. The molecule has 0 spiro atoms. The fraction of sp³-hybridized carbons (Fsp3) is 0.750. The van der Waals surface area contributed by atoms with Gasteiger partial charge >= 0.3 is 45.2 Å². The van der Waals surface area contributed by atoms with Crippen LogP contribution in [-0.4, -0.2) is 60.8 Å². The number of hydrogen-bond acceptors (Lipinski definition) is 7. The van der Waals surface area contributed by atoms with Crippen molar-refractivity contribution in [2.45, 2.75) is 67.8 Å². The highest BCUT2D eigenvalue weighted by atomic mass is 32.2. The average molecular weight is 504 g/mol. The number of carbonyl (C=O) groups excluding carboxylic acids is 2. The maximum Gasteiger partial charge on any atom is 0.468 e. The summed E-state index contributed by atoms with van der Waals surface area (Å²) >= 11 is 0. The summed E-state index contributed by atoms with van der Waals surface area (Å²) in [5.74, 6) is -14.5. The zero-order valence-electron chi connectivity index (χ0n) is 16.2. The van der Waals surface area contributed by atoms with Crippen molar-refractivity contribution < 1.29 is 67.5 Å². The molecule has 0 aliphatic heterocycles. The lowest BCUT2D eigenvalue weighted by Gasteiger charge is -2.34. The van der Waals surface area contributed by atoms with Crippen LogP contribution in [0.1, 0.15) is 38.5 Å². The van der Waals surface area contributed by atoms with Crippen molar-refractivity contribution in [3.63, 3.8) is 0 Å². The Hall–Kier alpha value is -1.94. The minimum absolute atomic E-state index is 0.147. The third-order valence-electron chi connectivity index (χ3n) is 4.35. The minimum atomic E-state index is -6.66. The second-order valence-electron chi connectivity index (χ2n) is 6.70. The van der Waals surface area contributed by atoms with E-state index >= 15 is 0 Å². The normalized spacial score (nSPS) is 18.5. The van der Waals surface area contributed by atoms with Crippen molar-refractivity contribution in [2.75, 3.05) is 6.61 Å². The van der Waals surface area contributed by atoms with E-state index in [9.17, 15) is 48.7 Å². The molecule has 0 aromatic rings. The van der Waals surface area contributed by atoms with Gasteiger partial charge in [0.15, 0.2) is 0 Å². The number of carbonyl (C=O) groups is 2. The molecule has 1 fully saturated rings. The van der Waals surface area contributed by atoms with Crippen LogP contribution in [-0.2, 0) is 33.9 Å². The molecule has 1 rings (SSSR count). The lowest BCUT2D eigenvalue weighted by molar-refractivity contribution is -0.358. The molecule has 8 nitrogen and oxygen atoms in total. The third kappa shape index (κ3) is 6.10. The first kappa shape index (κ1) is 28.1. The molecular weight excluding hydrogens is 485 g/mol. The lowest BCUT2D eigenvalue weighted by atomic mass is 9.98. The van der Waals surface area contributed by atoms with Gasteiger partial charge in [-0.2, -0.15) is 39.2 Å². The van der Waals surface area contributed by atoms with Crippen molar-refractivity contribution in [1.29, 1.82) is 0 Å². The molecule has 32 heavy (non-hydrogen) atoms. The van der Waals surface area contributed by atoms with Crippen LogP contribution in [0, 0.1) is 0 Å². The van der Waals surface area contributed by atoms with Gasteiger partial charge < -0.3 is 14.2 Å². The van der Waals surface area contributed by atoms with E-state index in [0.29, 0.717) is 19.3 Å². The molecule has 0 heterocycles. The number of ether oxygens (including phenoxy) is 3. The second kappa shape index (κ2) is 9.91. The first-order valence-electron chi connectivity index (χ1n) is 8.91. The zero-order chi connectivity index (χ0) is 25.0. The quantitative estimate of drug-likeness (QED) is 0.158. The van der Waals surface area contributed by atoms with Crippen molar-refractivity contribution >= 4 is 22.1 Å². The Kier molecular flexibility index (Phi) is 8.70. The summed E-state index contributed by atoms with van der Waals surface area (Å²) in [6.45, 7) is 0.750. The highest BCUT2D eigenvalue weighted by Gasteiger charge is 2.69. The highest BCUT2D eigenvalue weighted by molar-refractivity contribution is 7.87. The second-order valence-corrected chi connectivity index (χ2v) is 8.16. The Morgan fingerprint density at radius 1 is 1.03 bits per heavy atom. The Morgan fingerprint density at radius 3 is 2.00 bits per heavy atom. The average Bonchev–Trinajstić information content (AvgIpc) is 2.65. The molecule has 16 heteroatoms. The molecule has 0 bridgehead atoms. The van der Waals surface area contributed by atoms with Gasteiger partial charge in [-0.3, -0.25) is 4.55 Å². The molecule has 0 amide bonds. The van der Waals surface area contributed by atoms with E-state index < -0.39 is 64.3 Å². The summed E-state index contributed by atoms with van der Waals surface area (Å²) in [5, 5.41) is -6.09. The zero-order valence-corrected chi connectivity index (χ0v) is 17.0. The van der Waals surface area contributed by atoms with Crippen LogP contribution in [0.4, 0.5) is 30.7 Å². The molecule has 0 saturated heterocycles. The summed E-state index contributed by atoms with van der Waals surface area (Å²) in [6, 6.07) is 0. The van der Waals surface area contributed by atoms with Gasteiger partial charge in [-0.05, 0) is 25.7 Å². The summed E-state index contributed by atoms with van der Waals surface area (Å²) in [4.78, 5) is 23.7. The van der Waals surface area contributed by atoms with E-state index in [1.165, 1.54) is 0 Å². The Morgan fingerprint density at radius 2 is 1.56 bits per heavy atom. The first-order chi connectivity index (χ1) is 14.4. The van der Waals surface area contributed by atoms with Crippen molar-refractivity contribution in [2.24, 2.45) is 0 Å². The Labute approximate surface area is 177 Å².